The summed E-state index contributed by atoms with van der Waals surface area (Å²) in [6.07, 6.45) is 1.95. The number of likely N-dealkylation sites (N-methyl/N-ethyl adjacent to an activating group) is 1. The Morgan fingerprint density at radius 2 is 2.00 bits per heavy atom. The second-order valence-corrected chi connectivity index (χ2v) is 5.45. The van der Waals surface area contributed by atoms with Crippen LogP contribution in [0.25, 0.3) is 0 Å². The van der Waals surface area contributed by atoms with Crippen molar-refractivity contribution in [1.29, 1.82) is 0 Å². The molecule has 20 heavy (non-hydrogen) atoms. The maximum absolute atomic E-state index is 14.0. The van der Waals surface area contributed by atoms with Gasteiger partial charge in [0.1, 0.15) is 11.6 Å². The van der Waals surface area contributed by atoms with E-state index in [0.717, 1.165) is 11.3 Å². The molecule has 0 saturated carbocycles. The third-order valence-corrected chi connectivity index (χ3v) is 3.84. The molecule has 0 aliphatic carbocycles. The number of aryl methyl sites for hydroxylation is 1. The smallest absolute Gasteiger partial charge is 0.143 e. The molecule has 2 nitrogen and oxygen atoms in total. The minimum absolute atomic E-state index is 0.0688. The molecule has 106 valence electrons. The van der Waals surface area contributed by atoms with Gasteiger partial charge in [0.25, 0.3) is 0 Å². The van der Waals surface area contributed by atoms with Crippen LogP contribution >= 0.6 is 15.9 Å². The van der Waals surface area contributed by atoms with Crippen molar-refractivity contribution in [2.45, 2.75) is 19.4 Å². The van der Waals surface area contributed by atoms with Crippen LogP contribution < -0.4 is 5.32 Å². The molecule has 0 aliphatic heterocycles. The molecule has 5 heteroatoms. The minimum atomic E-state index is -0.551. The van der Waals surface area contributed by atoms with Gasteiger partial charge in [0.2, 0.25) is 0 Å². The molecule has 1 unspecified atom stereocenters. The molecule has 0 spiro atoms. The lowest BCUT2D eigenvalue weighted by Gasteiger charge is -2.17. The van der Waals surface area contributed by atoms with Crippen LogP contribution in [0.5, 0.6) is 0 Å². The first-order chi connectivity index (χ1) is 9.52. The monoisotopic (exact) mass is 340 g/mol. The van der Waals surface area contributed by atoms with E-state index in [4.69, 9.17) is 0 Å². The molecular formula is C15H15BrF2N2. The summed E-state index contributed by atoms with van der Waals surface area (Å²) in [4.78, 5) is 4.22. The molecule has 1 N–H and O–H groups in total. The fourth-order valence-electron chi connectivity index (χ4n) is 2.03. The van der Waals surface area contributed by atoms with Gasteiger partial charge >= 0.3 is 0 Å². The molecule has 0 fully saturated rings. The van der Waals surface area contributed by atoms with Gasteiger partial charge in [-0.05, 0) is 60.1 Å². The summed E-state index contributed by atoms with van der Waals surface area (Å²) in [6.45, 7) is 1.89. The SMILES string of the molecule is CNC(Cc1c(F)ccc(Br)c1F)c1ccc(C)nc1. The maximum atomic E-state index is 14.0. The molecule has 2 rings (SSSR count). The first-order valence-corrected chi connectivity index (χ1v) is 7.04. The van der Waals surface area contributed by atoms with E-state index in [2.05, 4.69) is 26.2 Å². The van der Waals surface area contributed by atoms with E-state index >= 15 is 0 Å². The Kier molecular flexibility index (Phi) is 4.83. The van der Waals surface area contributed by atoms with Crippen LogP contribution in [-0.2, 0) is 6.42 Å². The van der Waals surface area contributed by atoms with E-state index in [-0.39, 0.29) is 22.5 Å². The lowest BCUT2D eigenvalue weighted by Crippen LogP contribution is -2.20. The van der Waals surface area contributed by atoms with Gasteiger partial charge in [0, 0.05) is 23.5 Å². The number of nitrogens with zero attached hydrogens (tertiary/aromatic N) is 1. The zero-order valence-corrected chi connectivity index (χ0v) is 12.8. The van der Waals surface area contributed by atoms with Gasteiger partial charge in [0.05, 0.1) is 4.47 Å². The number of pyridine rings is 1. The van der Waals surface area contributed by atoms with Gasteiger partial charge in [-0.15, -0.1) is 0 Å². The third kappa shape index (κ3) is 3.22. The number of nitrogens with one attached hydrogen (secondary N) is 1. The molecule has 0 amide bonds. The van der Waals surface area contributed by atoms with E-state index in [9.17, 15) is 8.78 Å². The molecular weight excluding hydrogens is 326 g/mol. The molecule has 0 aliphatic rings. The lowest BCUT2D eigenvalue weighted by atomic mass is 9.99. The summed E-state index contributed by atoms with van der Waals surface area (Å²) in [7, 11) is 1.76. The number of rotatable bonds is 4. The third-order valence-electron chi connectivity index (χ3n) is 3.23. The number of hydrogen-bond donors (Lipinski definition) is 1. The van der Waals surface area contributed by atoms with Crippen molar-refractivity contribution in [2.75, 3.05) is 7.05 Å². The van der Waals surface area contributed by atoms with Crippen molar-refractivity contribution in [2.24, 2.45) is 0 Å². The van der Waals surface area contributed by atoms with E-state index < -0.39 is 11.6 Å². The fraction of sp³-hybridized carbons (Fsp3) is 0.267. The summed E-state index contributed by atoms with van der Waals surface area (Å²) in [5.74, 6) is -1.09. The Balaban J connectivity index is 2.31. The molecule has 1 aromatic heterocycles. The summed E-state index contributed by atoms with van der Waals surface area (Å²) in [5.41, 5.74) is 1.87. The summed E-state index contributed by atoms with van der Waals surface area (Å²) >= 11 is 3.08. The molecule has 1 aromatic carbocycles. The summed E-state index contributed by atoms with van der Waals surface area (Å²) in [6, 6.07) is 6.24. The normalized spacial score (nSPS) is 12.4. The second kappa shape index (κ2) is 6.41. The number of hydrogen-bond acceptors (Lipinski definition) is 2. The Bertz CT molecular complexity index is 600. The highest BCUT2D eigenvalue weighted by molar-refractivity contribution is 9.10. The number of aromatic nitrogens is 1. The van der Waals surface area contributed by atoms with Crippen molar-refractivity contribution >= 4 is 15.9 Å². The van der Waals surface area contributed by atoms with Crippen LogP contribution in [0.2, 0.25) is 0 Å². The quantitative estimate of drug-likeness (QED) is 0.853. The highest BCUT2D eigenvalue weighted by atomic mass is 79.9. The molecule has 0 radical (unpaired) electrons. The van der Waals surface area contributed by atoms with Gasteiger partial charge in [-0.1, -0.05) is 6.07 Å². The van der Waals surface area contributed by atoms with Crippen LogP contribution in [0, 0.1) is 18.6 Å². The summed E-state index contributed by atoms with van der Waals surface area (Å²) in [5, 5.41) is 3.07. The van der Waals surface area contributed by atoms with E-state index in [1.165, 1.54) is 12.1 Å². The molecule has 0 bridgehead atoms. The second-order valence-electron chi connectivity index (χ2n) is 4.60. The first-order valence-electron chi connectivity index (χ1n) is 6.25. The molecule has 2 aromatic rings. The molecule has 1 heterocycles. The molecule has 1 atom stereocenters. The van der Waals surface area contributed by atoms with Gasteiger partial charge in [-0.3, -0.25) is 4.98 Å². The zero-order valence-electron chi connectivity index (χ0n) is 11.3. The largest absolute Gasteiger partial charge is 0.313 e. The van der Waals surface area contributed by atoms with Gasteiger partial charge in [-0.2, -0.15) is 0 Å². The number of benzene rings is 1. The van der Waals surface area contributed by atoms with Crippen molar-refractivity contribution in [3.63, 3.8) is 0 Å². The van der Waals surface area contributed by atoms with Crippen LogP contribution in [0.4, 0.5) is 8.78 Å². The van der Waals surface area contributed by atoms with Crippen molar-refractivity contribution < 1.29 is 8.78 Å². The Labute approximate surface area is 125 Å². The zero-order chi connectivity index (χ0) is 14.7. The standard InChI is InChI=1S/C15H15BrF2N2/c1-9-3-4-10(8-20-9)14(19-2)7-11-13(17)6-5-12(16)15(11)18/h3-6,8,14,19H,7H2,1-2H3. The predicted molar refractivity (Wildman–Crippen MR) is 78.5 cm³/mol. The first kappa shape index (κ1) is 15.1. The molecule has 0 saturated heterocycles. The van der Waals surface area contributed by atoms with Crippen molar-refractivity contribution in [3.05, 3.63) is 63.4 Å². The average molecular weight is 341 g/mol. The van der Waals surface area contributed by atoms with Crippen molar-refractivity contribution in [1.82, 2.24) is 10.3 Å². The van der Waals surface area contributed by atoms with Crippen LogP contribution in [0.1, 0.15) is 22.9 Å². The van der Waals surface area contributed by atoms with E-state index in [0.29, 0.717) is 0 Å². The predicted octanol–water partition coefficient (Wildman–Crippen LogP) is 3.93. The van der Waals surface area contributed by atoms with Gasteiger partial charge in [0.15, 0.2) is 0 Å². The maximum Gasteiger partial charge on any atom is 0.143 e. The minimum Gasteiger partial charge on any atom is -0.313 e. The Morgan fingerprint density at radius 3 is 2.60 bits per heavy atom. The Morgan fingerprint density at radius 1 is 1.25 bits per heavy atom. The highest BCUT2D eigenvalue weighted by Crippen LogP contribution is 2.26. The van der Waals surface area contributed by atoms with Crippen molar-refractivity contribution in [3.8, 4) is 0 Å². The van der Waals surface area contributed by atoms with Crippen LogP contribution in [0.3, 0.4) is 0 Å². The fourth-order valence-corrected chi connectivity index (χ4v) is 2.40. The van der Waals surface area contributed by atoms with Crippen LogP contribution in [-0.4, -0.2) is 12.0 Å². The number of halogens is 3. The highest BCUT2D eigenvalue weighted by Gasteiger charge is 2.18. The Hall–Kier alpha value is -1.33. The van der Waals surface area contributed by atoms with E-state index in [1.54, 1.807) is 13.2 Å². The average Bonchev–Trinajstić information content (AvgIpc) is 2.45. The van der Waals surface area contributed by atoms with E-state index in [1.807, 2.05) is 19.1 Å². The van der Waals surface area contributed by atoms with Crippen LogP contribution in [0.15, 0.2) is 34.9 Å². The van der Waals surface area contributed by atoms with Gasteiger partial charge < -0.3 is 5.32 Å². The summed E-state index contributed by atoms with van der Waals surface area (Å²) < 4.78 is 28.1. The van der Waals surface area contributed by atoms with Gasteiger partial charge in [-0.25, -0.2) is 8.78 Å². The topological polar surface area (TPSA) is 24.9 Å². The lowest BCUT2D eigenvalue weighted by molar-refractivity contribution is 0.512.